The zero-order chi connectivity index (χ0) is 27.8. The summed E-state index contributed by atoms with van der Waals surface area (Å²) >= 11 is 0. The summed E-state index contributed by atoms with van der Waals surface area (Å²) in [4.78, 5) is 2.23. The van der Waals surface area contributed by atoms with E-state index in [1.807, 2.05) is 30.4 Å². The zero-order valence-corrected chi connectivity index (χ0v) is 22.2. The molecular formula is C29H34F5NO2. The molecular weight excluding hydrogens is 489 g/mol. The van der Waals surface area contributed by atoms with E-state index in [1.165, 1.54) is 0 Å². The Morgan fingerprint density at radius 1 is 0.919 bits per heavy atom. The molecule has 0 atom stereocenters. The fraction of sp³-hybridized carbons (Fsp3) is 0.448. The van der Waals surface area contributed by atoms with E-state index in [-0.39, 0.29) is 12.0 Å². The molecule has 0 bridgehead atoms. The van der Waals surface area contributed by atoms with E-state index in [0.717, 1.165) is 18.7 Å². The molecule has 2 aromatic carbocycles. The highest BCUT2D eigenvalue weighted by molar-refractivity contribution is 5.29. The number of likely N-dealkylation sites (N-methyl/N-ethyl adjacent to an activating group) is 1. The number of allylic oxidation sites excluding steroid dienone is 1. The van der Waals surface area contributed by atoms with Crippen LogP contribution in [0.5, 0.6) is 5.75 Å². The fourth-order valence-electron chi connectivity index (χ4n) is 3.16. The Bertz CT molecular complexity index is 1130. The van der Waals surface area contributed by atoms with E-state index in [1.54, 1.807) is 19.9 Å². The average molecular weight is 524 g/mol. The average Bonchev–Trinajstić information content (AvgIpc) is 2.83. The van der Waals surface area contributed by atoms with Crippen LogP contribution in [0.25, 0.3) is 0 Å². The predicted molar refractivity (Wildman–Crippen MR) is 134 cm³/mol. The van der Waals surface area contributed by atoms with Crippen LogP contribution in [-0.4, -0.2) is 30.2 Å². The van der Waals surface area contributed by atoms with Crippen molar-refractivity contribution in [1.82, 2.24) is 4.90 Å². The summed E-state index contributed by atoms with van der Waals surface area (Å²) in [6.07, 6.45) is 3.88. The van der Waals surface area contributed by atoms with Crippen LogP contribution in [0.4, 0.5) is 22.0 Å². The summed E-state index contributed by atoms with van der Waals surface area (Å²) in [6, 6.07) is 7.48. The Labute approximate surface area is 216 Å². The molecule has 0 spiro atoms. The third kappa shape index (κ3) is 9.49. The lowest BCUT2D eigenvalue weighted by molar-refractivity contribution is -0.0590. The van der Waals surface area contributed by atoms with Crippen LogP contribution < -0.4 is 4.74 Å². The molecule has 2 aromatic rings. The number of hydrogen-bond acceptors (Lipinski definition) is 3. The maximum atomic E-state index is 13.9. The summed E-state index contributed by atoms with van der Waals surface area (Å²) in [6.45, 7) is 12.9. The van der Waals surface area contributed by atoms with Crippen molar-refractivity contribution in [2.24, 2.45) is 5.41 Å². The van der Waals surface area contributed by atoms with Gasteiger partial charge in [-0.15, -0.1) is 0 Å². The van der Waals surface area contributed by atoms with Crippen LogP contribution in [0.1, 0.15) is 52.7 Å². The number of halogens is 5. The molecule has 0 unspecified atom stereocenters. The summed E-state index contributed by atoms with van der Waals surface area (Å²) in [5.74, 6) is -3.23. The molecule has 2 rings (SSSR count). The van der Waals surface area contributed by atoms with Crippen molar-refractivity contribution in [3.8, 4) is 17.6 Å². The zero-order valence-electron chi connectivity index (χ0n) is 22.2. The fourth-order valence-corrected chi connectivity index (χ4v) is 3.16. The van der Waals surface area contributed by atoms with Crippen molar-refractivity contribution >= 4 is 0 Å². The van der Waals surface area contributed by atoms with Crippen LogP contribution in [-0.2, 0) is 17.9 Å². The highest BCUT2D eigenvalue weighted by atomic mass is 19.2. The van der Waals surface area contributed by atoms with Gasteiger partial charge in [-0.2, -0.15) is 0 Å². The molecule has 37 heavy (non-hydrogen) atoms. The van der Waals surface area contributed by atoms with Crippen LogP contribution in [0.3, 0.4) is 0 Å². The van der Waals surface area contributed by atoms with E-state index in [4.69, 9.17) is 9.47 Å². The smallest absolute Gasteiger partial charge is 0.200 e. The number of hydrogen-bond donors (Lipinski definition) is 0. The third-order valence-electron chi connectivity index (χ3n) is 5.26. The summed E-state index contributed by atoms with van der Waals surface area (Å²) in [5.41, 5.74) is -1.12. The van der Waals surface area contributed by atoms with Crippen molar-refractivity contribution in [3.63, 3.8) is 0 Å². The molecule has 3 nitrogen and oxygen atoms in total. The van der Waals surface area contributed by atoms with Gasteiger partial charge in [0.2, 0.25) is 5.82 Å². The van der Waals surface area contributed by atoms with Crippen LogP contribution in [0.2, 0.25) is 0 Å². The number of nitrogens with zero attached hydrogens (tertiary/aromatic N) is 1. The van der Waals surface area contributed by atoms with Crippen molar-refractivity contribution in [2.45, 2.75) is 60.3 Å². The topological polar surface area (TPSA) is 21.7 Å². The van der Waals surface area contributed by atoms with E-state index < -0.39 is 46.9 Å². The molecule has 0 fully saturated rings. The maximum absolute atomic E-state index is 13.9. The minimum absolute atomic E-state index is 0.0154. The first-order chi connectivity index (χ1) is 17.2. The molecule has 0 aromatic heterocycles. The second-order valence-electron chi connectivity index (χ2n) is 10.3. The molecule has 0 amide bonds. The Balaban J connectivity index is 1.96. The largest absolute Gasteiger partial charge is 0.491 e. The van der Waals surface area contributed by atoms with Gasteiger partial charge < -0.3 is 9.47 Å². The Morgan fingerprint density at radius 3 is 2.14 bits per heavy atom. The van der Waals surface area contributed by atoms with Crippen molar-refractivity contribution in [3.05, 3.63) is 76.6 Å². The van der Waals surface area contributed by atoms with Crippen molar-refractivity contribution < 1.29 is 31.4 Å². The van der Waals surface area contributed by atoms with E-state index >= 15 is 0 Å². The maximum Gasteiger partial charge on any atom is 0.200 e. The van der Waals surface area contributed by atoms with Crippen LogP contribution in [0, 0.1) is 46.3 Å². The van der Waals surface area contributed by atoms with Crippen LogP contribution in [0.15, 0.2) is 36.4 Å². The van der Waals surface area contributed by atoms with E-state index in [0.29, 0.717) is 12.3 Å². The number of ether oxygens (including phenoxy) is 2. The van der Waals surface area contributed by atoms with Gasteiger partial charge in [-0.25, -0.2) is 22.0 Å². The van der Waals surface area contributed by atoms with Gasteiger partial charge in [-0.05, 0) is 64.9 Å². The molecule has 0 N–H and O–H groups in total. The number of benzene rings is 2. The number of rotatable bonds is 11. The van der Waals surface area contributed by atoms with Crippen LogP contribution >= 0.6 is 0 Å². The Hall–Kier alpha value is -2.89. The van der Waals surface area contributed by atoms with Gasteiger partial charge in [0, 0.05) is 18.5 Å². The van der Waals surface area contributed by atoms with Crippen molar-refractivity contribution in [2.75, 3.05) is 19.7 Å². The quantitative estimate of drug-likeness (QED) is 0.135. The van der Waals surface area contributed by atoms with E-state index in [2.05, 4.69) is 44.4 Å². The lowest BCUT2D eigenvalue weighted by atomic mass is 9.98. The van der Waals surface area contributed by atoms with E-state index in [9.17, 15) is 22.0 Å². The predicted octanol–water partition coefficient (Wildman–Crippen LogP) is 7.18. The van der Waals surface area contributed by atoms with Gasteiger partial charge in [0.15, 0.2) is 23.3 Å². The molecule has 0 aliphatic rings. The van der Waals surface area contributed by atoms with Crippen molar-refractivity contribution in [1.29, 1.82) is 0 Å². The highest BCUT2D eigenvalue weighted by Crippen LogP contribution is 2.26. The minimum Gasteiger partial charge on any atom is -0.491 e. The lowest BCUT2D eigenvalue weighted by Crippen LogP contribution is -2.32. The molecule has 0 aliphatic heterocycles. The SMILES string of the molecule is CCN(C/C=C/C#CC(C)(C)C)Cc1cccc(OCC(C)(C)OCc2c(F)c(F)c(F)c(F)c2F)c1. The van der Waals surface area contributed by atoms with Gasteiger partial charge in [-0.1, -0.05) is 37.0 Å². The Morgan fingerprint density at radius 2 is 1.54 bits per heavy atom. The minimum atomic E-state index is -2.20. The molecule has 8 heteroatoms. The molecule has 0 aliphatic carbocycles. The van der Waals surface area contributed by atoms with Gasteiger partial charge in [0.1, 0.15) is 12.4 Å². The summed E-state index contributed by atoms with van der Waals surface area (Å²) in [7, 11) is 0. The molecule has 0 saturated heterocycles. The lowest BCUT2D eigenvalue weighted by Gasteiger charge is -2.26. The highest BCUT2D eigenvalue weighted by Gasteiger charge is 2.28. The molecule has 0 heterocycles. The van der Waals surface area contributed by atoms with Gasteiger partial charge in [0.05, 0.1) is 17.8 Å². The molecule has 0 radical (unpaired) electrons. The molecule has 0 saturated carbocycles. The van der Waals surface area contributed by atoms with Gasteiger partial charge in [0.25, 0.3) is 0 Å². The van der Waals surface area contributed by atoms with Gasteiger partial charge in [-0.3, -0.25) is 4.90 Å². The Kier molecular flexibility index (Phi) is 10.7. The second-order valence-corrected chi connectivity index (χ2v) is 10.3. The normalized spacial score (nSPS) is 12.2. The first-order valence-corrected chi connectivity index (χ1v) is 12.0. The molecule has 202 valence electrons. The summed E-state index contributed by atoms with van der Waals surface area (Å²) < 4.78 is 79.2. The van der Waals surface area contributed by atoms with Gasteiger partial charge >= 0.3 is 0 Å². The monoisotopic (exact) mass is 523 g/mol. The summed E-state index contributed by atoms with van der Waals surface area (Å²) in [5, 5.41) is 0. The second kappa shape index (κ2) is 13.1. The third-order valence-corrected chi connectivity index (χ3v) is 5.26. The standard InChI is InChI=1S/C29H34F5NO2/c1-7-35(15-10-8-9-14-28(2,3)4)17-20-12-11-13-21(16-20)36-19-29(5,6)37-18-22-23(30)25(32)27(34)26(33)24(22)31/h8,10-13,16H,7,15,17-19H2,1-6H3/b10-8+. The first-order valence-electron chi connectivity index (χ1n) is 12.0. The first kappa shape index (κ1) is 30.3.